The van der Waals surface area contributed by atoms with Gasteiger partial charge < -0.3 is 4.74 Å². The van der Waals surface area contributed by atoms with Crippen molar-refractivity contribution in [1.82, 2.24) is 4.98 Å². The highest BCUT2D eigenvalue weighted by molar-refractivity contribution is 5.92. The van der Waals surface area contributed by atoms with Gasteiger partial charge in [0.05, 0.1) is 12.3 Å². The highest BCUT2D eigenvalue weighted by Gasteiger charge is 2.02. The van der Waals surface area contributed by atoms with Crippen LogP contribution in [0.4, 0.5) is 0 Å². The Kier molecular flexibility index (Phi) is 6.43. The molecular weight excluding hydrogens is 318 g/mol. The molecular formula is C24H27NO. The first-order chi connectivity index (χ1) is 12.8. The summed E-state index contributed by atoms with van der Waals surface area (Å²) >= 11 is 0. The molecule has 3 rings (SSSR count). The molecule has 0 spiro atoms. The second-order valence-corrected chi connectivity index (χ2v) is 6.69. The molecule has 134 valence electrons. The van der Waals surface area contributed by atoms with Crippen molar-refractivity contribution in [1.29, 1.82) is 0 Å². The zero-order valence-corrected chi connectivity index (χ0v) is 15.7. The Morgan fingerprint density at radius 3 is 2.69 bits per heavy atom. The first kappa shape index (κ1) is 18.2. The van der Waals surface area contributed by atoms with Gasteiger partial charge in [-0.3, -0.25) is 4.98 Å². The fraction of sp³-hybridized carbons (Fsp3) is 0.292. The van der Waals surface area contributed by atoms with Gasteiger partial charge in [0.2, 0.25) is 0 Å². The average molecular weight is 345 g/mol. The van der Waals surface area contributed by atoms with Crippen LogP contribution < -0.4 is 4.74 Å². The van der Waals surface area contributed by atoms with E-state index in [2.05, 4.69) is 66.5 Å². The summed E-state index contributed by atoms with van der Waals surface area (Å²) in [5, 5.41) is 2.51. The molecule has 0 saturated heterocycles. The number of rotatable bonds is 8. The molecule has 0 atom stereocenters. The highest BCUT2D eigenvalue weighted by atomic mass is 16.5. The number of fused-ring (bicyclic) bond motifs is 1. The van der Waals surface area contributed by atoms with Crippen LogP contribution in [0.3, 0.4) is 0 Å². The van der Waals surface area contributed by atoms with Crippen molar-refractivity contribution < 1.29 is 4.74 Å². The van der Waals surface area contributed by atoms with E-state index in [1.54, 1.807) is 0 Å². The lowest BCUT2D eigenvalue weighted by atomic mass is 10.0. The van der Waals surface area contributed by atoms with Gasteiger partial charge >= 0.3 is 0 Å². The fourth-order valence-corrected chi connectivity index (χ4v) is 3.05. The molecule has 0 unspecified atom stereocenters. The van der Waals surface area contributed by atoms with E-state index in [0.717, 1.165) is 30.0 Å². The van der Waals surface area contributed by atoms with Gasteiger partial charge in [-0.25, -0.2) is 0 Å². The maximum atomic E-state index is 5.97. The van der Waals surface area contributed by atoms with Crippen molar-refractivity contribution in [2.75, 3.05) is 6.61 Å². The van der Waals surface area contributed by atoms with Crippen molar-refractivity contribution >= 4 is 22.9 Å². The molecule has 0 aliphatic heterocycles. The van der Waals surface area contributed by atoms with Crippen LogP contribution in [-0.4, -0.2) is 11.6 Å². The third kappa shape index (κ3) is 4.72. The lowest BCUT2D eigenvalue weighted by Gasteiger charge is -2.09. The summed E-state index contributed by atoms with van der Waals surface area (Å²) in [6, 6.07) is 16.9. The Hall–Kier alpha value is -2.61. The molecule has 0 saturated carbocycles. The number of aryl methyl sites for hydroxylation is 1. The maximum Gasteiger partial charge on any atom is 0.125 e. The van der Waals surface area contributed by atoms with Gasteiger partial charge in [0.1, 0.15) is 5.75 Å². The van der Waals surface area contributed by atoms with E-state index in [4.69, 9.17) is 4.74 Å². The number of unbranched alkanes of at least 4 members (excludes halogenated alkanes) is 3. The van der Waals surface area contributed by atoms with Crippen molar-refractivity contribution in [3.8, 4) is 5.75 Å². The quantitative estimate of drug-likeness (QED) is 0.425. The molecule has 0 aliphatic rings. The van der Waals surface area contributed by atoms with E-state index in [1.807, 2.05) is 19.2 Å². The van der Waals surface area contributed by atoms with Crippen LogP contribution in [0.5, 0.6) is 5.75 Å². The lowest BCUT2D eigenvalue weighted by Crippen LogP contribution is -2.00. The van der Waals surface area contributed by atoms with E-state index in [0.29, 0.717) is 0 Å². The normalized spacial score (nSPS) is 11.3. The summed E-state index contributed by atoms with van der Waals surface area (Å²) in [4.78, 5) is 4.52. The minimum atomic E-state index is 0.775. The van der Waals surface area contributed by atoms with E-state index in [-0.39, 0.29) is 0 Å². The van der Waals surface area contributed by atoms with Crippen LogP contribution in [0, 0.1) is 6.92 Å². The van der Waals surface area contributed by atoms with E-state index in [1.165, 1.54) is 35.6 Å². The summed E-state index contributed by atoms with van der Waals surface area (Å²) in [6.45, 7) is 5.05. The summed E-state index contributed by atoms with van der Waals surface area (Å²) in [5.41, 5.74) is 3.21. The number of pyridine rings is 1. The molecule has 1 aromatic heterocycles. The summed E-state index contributed by atoms with van der Waals surface area (Å²) < 4.78 is 5.97. The molecule has 1 heterocycles. The molecule has 3 aromatic rings. The Balaban J connectivity index is 1.73. The number of aromatic nitrogens is 1. The molecule has 0 bridgehead atoms. The highest BCUT2D eigenvalue weighted by Crippen LogP contribution is 2.22. The first-order valence-corrected chi connectivity index (χ1v) is 9.53. The molecule has 0 fully saturated rings. The predicted molar refractivity (Wildman–Crippen MR) is 111 cm³/mol. The second-order valence-electron chi connectivity index (χ2n) is 6.69. The van der Waals surface area contributed by atoms with Crippen LogP contribution in [0.2, 0.25) is 0 Å². The Morgan fingerprint density at radius 2 is 1.81 bits per heavy atom. The third-order valence-electron chi connectivity index (χ3n) is 4.59. The number of ether oxygens (including phenoxy) is 1. The summed E-state index contributed by atoms with van der Waals surface area (Å²) in [5.74, 6) is 0.939. The van der Waals surface area contributed by atoms with Crippen molar-refractivity contribution in [2.24, 2.45) is 0 Å². The van der Waals surface area contributed by atoms with E-state index >= 15 is 0 Å². The second kappa shape index (κ2) is 9.19. The van der Waals surface area contributed by atoms with Crippen LogP contribution in [0.1, 0.15) is 49.4 Å². The van der Waals surface area contributed by atoms with Gasteiger partial charge in [-0.15, -0.1) is 0 Å². The van der Waals surface area contributed by atoms with Crippen LogP contribution >= 0.6 is 0 Å². The van der Waals surface area contributed by atoms with Crippen molar-refractivity contribution in [3.05, 3.63) is 71.5 Å². The standard InChI is InChI=1S/C24H27NO/c1-3-4-5-8-16-26-24-17-22(25-18-19(24)2)15-14-21-12-9-11-20-10-6-7-13-23(20)21/h6-7,9-15,17-18H,3-5,8,16H2,1-2H3/b15-14-. The minimum Gasteiger partial charge on any atom is -0.493 e. The van der Waals surface area contributed by atoms with Gasteiger partial charge in [0.25, 0.3) is 0 Å². The fourth-order valence-electron chi connectivity index (χ4n) is 3.05. The van der Waals surface area contributed by atoms with Gasteiger partial charge in [-0.2, -0.15) is 0 Å². The molecule has 2 heteroatoms. The molecule has 0 radical (unpaired) electrons. The van der Waals surface area contributed by atoms with Crippen molar-refractivity contribution in [3.63, 3.8) is 0 Å². The number of benzene rings is 2. The molecule has 0 aliphatic carbocycles. The summed E-state index contributed by atoms with van der Waals surface area (Å²) in [6.07, 6.45) is 10.9. The average Bonchev–Trinajstić information content (AvgIpc) is 2.68. The number of nitrogens with zero attached hydrogens (tertiary/aromatic N) is 1. The Morgan fingerprint density at radius 1 is 0.962 bits per heavy atom. The Labute approximate surface area is 156 Å². The lowest BCUT2D eigenvalue weighted by molar-refractivity contribution is 0.302. The molecule has 26 heavy (non-hydrogen) atoms. The van der Waals surface area contributed by atoms with E-state index in [9.17, 15) is 0 Å². The molecule has 0 N–H and O–H groups in total. The predicted octanol–water partition coefficient (Wildman–Crippen LogP) is 6.67. The van der Waals surface area contributed by atoms with Crippen molar-refractivity contribution in [2.45, 2.75) is 39.5 Å². The zero-order valence-electron chi connectivity index (χ0n) is 15.7. The zero-order chi connectivity index (χ0) is 18.2. The van der Waals surface area contributed by atoms with Gasteiger partial charge in [-0.1, -0.05) is 74.7 Å². The monoisotopic (exact) mass is 345 g/mol. The molecule has 0 amide bonds. The van der Waals surface area contributed by atoms with Gasteiger partial charge in [0.15, 0.2) is 0 Å². The first-order valence-electron chi connectivity index (χ1n) is 9.53. The minimum absolute atomic E-state index is 0.775. The Bertz CT molecular complexity index is 877. The van der Waals surface area contributed by atoms with Gasteiger partial charge in [0, 0.05) is 17.8 Å². The summed E-state index contributed by atoms with van der Waals surface area (Å²) in [7, 11) is 0. The largest absolute Gasteiger partial charge is 0.493 e. The maximum absolute atomic E-state index is 5.97. The molecule has 2 nitrogen and oxygen atoms in total. The third-order valence-corrected chi connectivity index (χ3v) is 4.59. The number of hydrogen-bond donors (Lipinski definition) is 0. The van der Waals surface area contributed by atoms with E-state index < -0.39 is 0 Å². The SMILES string of the molecule is CCCCCCOc1cc(/C=C\c2cccc3ccccc23)ncc1C. The van der Waals surface area contributed by atoms with Gasteiger partial charge in [-0.05, 0) is 35.8 Å². The van der Waals surface area contributed by atoms with Crippen LogP contribution in [0.25, 0.3) is 22.9 Å². The smallest absolute Gasteiger partial charge is 0.125 e. The van der Waals surface area contributed by atoms with Crippen LogP contribution in [-0.2, 0) is 0 Å². The topological polar surface area (TPSA) is 22.1 Å². The van der Waals surface area contributed by atoms with Crippen LogP contribution in [0.15, 0.2) is 54.7 Å². The number of hydrogen-bond acceptors (Lipinski definition) is 2. The molecule has 2 aromatic carbocycles.